The summed E-state index contributed by atoms with van der Waals surface area (Å²) in [6.07, 6.45) is 0.981. The molecular weight excluding hydrogens is 196 g/mol. The number of nitrogens with zero attached hydrogens (tertiary/aromatic N) is 4. The smallest absolute Gasteiger partial charge is 0.306 e. The molecule has 0 radical (unpaired) electrons. The quantitative estimate of drug-likeness (QED) is 0.768. The van der Waals surface area contributed by atoms with Gasteiger partial charge in [0.1, 0.15) is 0 Å². The van der Waals surface area contributed by atoms with Crippen molar-refractivity contribution in [2.45, 2.75) is 26.7 Å². The van der Waals surface area contributed by atoms with Crippen LogP contribution in [-0.2, 0) is 18.3 Å². The van der Waals surface area contributed by atoms with Crippen molar-refractivity contribution >= 4 is 5.97 Å². The highest BCUT2D eigenvalue weighted by Gasteiger charge is 2.21. The minimum Gasteiger partial charge on any atom is -0.481 e. The fourth-order valence-electron chi connectivity index (χ4n) is 1.47. The standard InChI is InChI=1S/C9H16N4O2/c1-6(2)4-7(9(14)15)5-8-10-12-13(3)11-8/h6-7H,4-5H2,1-3H3,(H,14,15). The molecule has 0 spiro atoms. The number of hydrogen-bond donors (Lipinski definition) is 1. The van der Waals surface area contributed by atoms with Gasteiger partial charge in [-0.15, -0.1) is 10.2 Å². The lowest BCUT2D eigenvalue weighted by atomic mass is 9.94. The number of carbonyl (C=O) groups is 1. The van der Waals surface area contributed by atoms with Gasteiger partial charge in [0, 0.05) is 6.42 Å². The molecule has 0 saturated carbocycles. The first kappa shape index (κ1) is 11.6. The predicted octanol–water partition coefficient (Wildman–Crippen LogP) is 0.499. The molecule has 0 fully saturated rings. The van der Waals surface area contributed by atoms with Crippen LogP contribution in [0, 0.1) is 11.8 Å². The number of hydrogen-bond acceptors (Lipinski definition) is 4. The van der Waals surface area contributed by atoms with Crippen molar-refractivity contribution in [2.24, 2.45) is 18.9 Å². The van der Waals surface area contributed by atoms with E-state index in [0.717, 1.165) is 0 Å². The number of aromatic nitrogens is 4. The molecule has 0 bridgehead atoms. The Kier molecular flexibility index (Phi) is 3.76. The monoisotopic (exact) mass is 212 g/mol. The van der Waals surface area contributed by atoms with Crippen LogP contribution in [0.3, 0.4) is 0 Å². The molecule has 1 unspecified atom stereocenters. The van der Waals surface area contributed by atoms with Gasteiger partial charge in [0.05, 0.1) is 13.0 Å². The molecule has 6 heteroatoms. The lowest BCUT2D eigenvalue weighted by Crippen LogP contribution is -2.19. The Hall–Kier alpha value is -1.46. The van der Waals surface area contributed by atoms with Gasteiger partial charge >= 0.3 is 5.97 Å². The van der Waals surface area contributed by atoms with Gasteiger partial charge < -0.3 is 5.11 Å². The molecule has 1 aromatic heterocycles. The molecule has 0 saturated heterocycles. The SMILES string of the molecule is CC(C)CC(Cc1nnn(C)n1)C(=O)O. The zero-order valence-electron chi connectivity index (χ0n) is 9.21. The number of aliphatic carboxylic acids is 1. The topological polar surface area (TPSA) is 80.9 Å². The summed E-state index contributed by atoms with van der Waals surface area (Å²) >= 11 is 0. The maximum atomic E-state index is 11.0. The second-order valence-corrected chi connectivity index (χ2v) is 4.06. The third kappa shape index (κ3) is 3.65. The van der Waals surface area contributed by atoms with Gasteiger partial charge in [-0.05, 0) is 17.6 Å². The molecule has 84 valence electrons. The highest BCUT2D eigenvalue weighted by atomic mass is 16.4. The molecule has 1 heterocycles. The summed E-state index contributed by atoms with van der Waals surface area (Å²) < 4.78 is 0. The van der Waals surface area contributed by atoms with E-state index in [1.54, 1.807) is 7.05 Å². The molecule has 0 aromatic carbocycles. The predicted molar refractivity (Wildman–Crippen MR) is 53.1 cm³/mol. The van der Waals surface area contributed by atoms with E-state index < -0.39 is 11.9 Å². The fraction of sp³-hybridized carbons (Fsp3) is 0.778. The van der Waals surface area contributed by atoms with E-state index in [2.05, 4.69) is 15.4 Å². The first-order valence-electron chi connectivity index (χ1n) is 4.94. The number of carboxylic acids is 1. The van der Waals surface area contributed by atoms with E-state index in [1.807, 2.05) is 13.8 Å². The third-order valence-electron chi connectivity index (χ3n) is 2.08. The third-order valence-corrected chi connectivity index (χ3v) is 2.08. The molecule has 0 aliphatic rings. The van der Waals surface area contributed by atoms with Gasteiger partial charge in [-0.2, -0.15) is 4.80 Å². The molecular formula is C9H16N4O2. The zero-order chi connectivity index (χ0) is 11.4. The van der Waals surface area contributed by atoms with Gasteiger partial charge in [0.15, 0.2) is 5.82 Å². The first-order chi connectivity index (χ1) is 6.99. The van der Waals surface area contributed by atoms with E-state index in [4.69, 9.17) is 5.11 Å². The lowest BCUT2D eigenvalue weighted by Gasteiger charge is -2.12. The minimum absolute atomic E-state index is 0.349. The van der Waals surface area contributed by atoms with E-state index in [0.29, 0.717) is 24.6 Å². The highest BCUT2D eigenvalue weighted by molar-refractivity contribution is 5.70. The second-order valence-electron chi connectivity index (χ2n) is 4.06. The van der Waals surface area contributed by atoms with Crippen LogP contribution in [-0.4, -0.2) is 31.3 Å². The van der Waals surface area contributed by atoms with Crippen LogP contribution in [0.4, 0.5) is 0 Å². The molecule has 1 rings (SSSR count). The lowest BCUT2D eigenvalue weighted by molar-refractivity contribution is -0.142. The van der Waals surface area contributed by atoms with Gasteiger partial charge in [-0.1, -0.05) is 13.8 Å². The Morgan fingerprint density at radius 3 is 2.60 bits per heavy atom. The normalized spacial score (nSPS) is 13.1. The van der Waals surface area contributed by atoms with Crippen LogP contribution in [0.2, 0.25) is 0 Å². The van der Waals surface area contributed by atoms with Crippen LogP contribution in [0.25, 0.3) is 0 Å². The van der Waals surface area contributed by atoms with Crippen LogP contribution in [0.15, 0.2) is 0 Å². The summed E-state index contributed by atoms with van der Waals surface area (Å²) in [5.74, 6) is -0.376. The Morgan fingerprint density at radius 1 is 1.53 bits per heavy atom. The fourth-order valence-corrected chi connectivity index (χ4v) is 1.47. The van der Waals surface area contributed by atoms with Crippen LogP contribution in [0.5, 0.6) is 0 Å². The molecule has 1 aromatic rings. The summed E-state index contributed by atoms with van der Waals surface area (Å²) in [6.45, 7) is 4.00. The summed E-state index contributed by atoms with van der Waals surface area (Å²) in [6, 6.07) is 0. The average Bonchev–Trinajstić information content (AvgIpc) is 2.49. The number of rotatable bonds is 5. The molecule has 0 aliphatic heterocycles. The van der Waals surface area contributed by atoms with Crippen molar-refractivity contribution in [2.75, 3.05) is 0 Å². The average molecular weight is 212 g/mol. The minimum atomic E-state index is -0.795. The Morgan fingerprint density at radius 2 is 2.20 bits per heavy atom. The largest absolute Gasteiger partial charge is 0.481 e. The van der Waals surface area contributed by atoms with E-state index in [-0.39, 0.29) is 0 Å². The van der Waals surface area contributed by atoms with Crippen LogP contribution >= 0.6 is 0 Å². The summed E-state index contributed by atoms with van der Waals surface area (Å²) in [7, 11) is 1.66. The summed E-state index contributed by atoms with van der Waals surface area (Å²) in [5, 5.41) is 20.4. The van der Waals surface area contributed by atoms with Gasteiger partial charge in [0.2, 0.25) is 0 Å². The number of aryl methyl sites for hydroxylation is 1. The number of carboxylic acid groups (broad SMARTS) is 1. The Bertz CT molecular complexity index is 335. The van der Waals surface area contributed by atoms with Gasteiger partial charge in [0.25, 0.3) is 0 Å². The van der Waals surface area contributed by atoms with Crippen molar-refractivity contribution in [1.29, 1.82) is 0 Å². The Balaban J connectivity index is 2.62. The van der Waals surface area contributed by atoms with E-state index in [1.165, 1.54) is 4.80 Å². The van der Waals surface area contributed by atoms with Gasteiger partial charge in [-0.25, -0.2) is 0 Å². The molecule has 0 amide bonds. The van der Waals surface area contributed by atoms with Crippen molar-refractivity contribution in [3.63, 3.8) is 0 Å². The van der Waals surface area contributed by atoms with E-state index in [9.17, 15) is 4.79 Å². The second kappa shape index (κ2) is 4.86. The van der Waals surface area contributed by atoms with Crippen LogP contribution in [0.1, 0.15) is 26.1 Å². The molecule has 15 heavy (non-hydrogen) atoms. The van der Waals surface area contributed by atoms with Crippen molar-refractivity contribution < 1.29 is 9.90 Å². The number of tetrazole rings is 1. The summed E-state index contributed by atoms with van der Waals surface area (Å²) in [5.41, 5.74) is 0. The van der Waals surface area contributed by atoms with Crippen molar-refractivity contribution in [3.8, 4) is 0 Å². The van der Waals surface area contributed by atoms with Gasteiger partial charge in [-0.3, -0.25) is 4.79 Å². The van der Waals surface area contributed by atoms with Crippen molar-refractivity contribution in [3.05, 3.63) is 5.82 Å². The van der Waals surface area contributed by atoms with Crippen LogP contribution < -0.4 is 0 Å². The highest BCUT2D eigenvalue weighted by Crippen LogP contribution is 2.15. The molecule has 6 nitrogen and oxygen atoms in total. The first-order valence-corrected chi connectivity index (χ1v) is 4.94. The maximum Gasteiger partial charge on any atom is 0.306 e. The molecule has 1 N–H and O–H groups in total. The van der Waals surface area contributed by atoms with E-state index >= 15 is 0 Å². The Labute approximate surface area is 88.3 Å². The molecule has 0 aliphatic carbocycles. The maximum absolute atomic E-state index is 11.0. The van der Waals surface area contributed by atoms with Crippen molar-refractivity contribution in [1.82, 2.24) is 20.2 Å². The summed E-state index contributed by atoms with van der Waals surface area (Å²) in [4.78, 5) is 12.3. The molecule has 1 atom stereocenters. The zero-order valence-corrected chi connectivity index (χ0v) is 9.21.